The highest BCUT2D eigenvalue weighted by atomic mass is 19.1. The Balaban J connectivity index is 1.24. The number of pyridine rings is 1. The Morgan fingerprint density at radius 2 is 2.05 bits per heavy atom. The predicted octanol–water partition coefficient (Wildman–Crippen LogP) is 4.98. The standard InChI is InChI=1S/C31H37F2N7O4/c1-17-10-18(11-26(35)29(17)40(2)31(41)42-3)22-6-8-36-15-27(22)39-30-37-14-19(38-30)4-5-25(34)28-23(32)12-21(13-24(28)33)44-20-7-9-43-16-20/h4-6,8,12-15,17-18,20,26,29,34H,7,9-11,16,35H2,1-3H3,(H2,37,38,39)/b5-4-,34-25?. The van der Waals surface area contributed by atoms with Gasteiger partial charge in [-0.1, -0.05) is 6.92 Å². The van der Waals surface area contributed by atoms with Crippen molar-refractivity contribution < 1.29 is 27.8 Å². The third-order valence-corrected chi connectivity index (χ3v) is 8.19. The summed E-state index contributed by atoms with van der Waals surface area (Å²) in [5, 5.41) is 11.5. The van der Waals surface area contributed by atoms with E-state index < -0.39 is 23.3 Å². The van der Waals surface area contributed by atoms with Gasteiger partial charge in [-0.25, -0.2) is 18.6 Å². The molecule has 1 aromatic carbocycles. The summed E-state index contributed by atoms with van der Waals surface area (Å²) in [6, 6.07) is 3.73. The van der Waals surface area contributed by atoms with Crippen molar-refractivity contribution in [2.24, 2.45) is 11.7 Å². The van der Waals surface area contributed by atoms with Gasteiger partial charge < -0.3 is 40.6 Å². The molecule has 5 N–H and O–H groups in total. The van der Waals surface area contributed by atoms with E-state index in [0.29, 0.717) is 37.7 Å². The van der Waals surface area contributed by atoms with Gasteiger partial charge in [-0.05, 0) is 48.5 Å². The Morgan fingerprint density at radius 3 is 2.73 bits per heavy atom. The van der Waals surface area contributed by atoms with Crippen LogP contribution >= 0.6 is 0 Å². The van der Waals surface area contributed by atoms with Gasteiger partial charge in [-0.3, -0.25) is 4.98 Å². The van der Waals surface area contributed by atoms with Gasteiger partial charge in [-0.2, -0.15) is 0 Å². The van der Waals surface area contributed by atoms with Crippen LogP contribution in [0.1, 0.15) is 48.9 Å². The van der Waals surface area contributed by atoms with Crippen molar-refractivity contribution in [3.8, 4) is 5.75 Å². The number of amides is 1. The van der Waals surface area contributed by atoms with Crippen LogP contribution in [0.2, 0.25) is 0 Å². The first-order chi connectivity index (χ1) is 21.1. The average molecular weight is 610 g/mol. The lowest BCUT2D eigenvalue weighted by atomic mass is 9.73. The molecule has 2 aromatic heterocycles. The van der Waals surface area contributed by atoms with Crippen molar-refractivity contribution in [2.45, 2.75) is 50.3 Å². The molecular formula is C31H37F2N7O4. The number of rotatable bonds is 9. The number of methoxy groups -OCH3 is 1. The van der Waals surface area contributed by atoms with Crippen molar-refractivity contribution in [1.82, 2.24) is 19.9 Å². The lowest BCUT2D eigenvalue weighted by Crippen LogP contribution is -2.55. The first-order valence-corrected chi connectivity index (χ1v) is 14.5. The van der Waals surface area contributed by atoms with E-state index in [1.54, 1.807) is 30.5 Å². The number of aromatic nitrogens is 3. The fraction of sp³-hybridized carbons (Fsp3) is 0.419. The van der Waals surface area contributed by atoms with Gasteiger partial charge in [0.05, 0.1) is 61.4 Å². The Hall–Kier alpha value is -4.36. The van der Waals surface area contributed by atoms with E-state index in [2.05, 4.69) is 27.2 Å². The highest BCUT2D eigenvalue weighted by Gasteiger charge is 2.39. The van der Waals surface area contributed by atoms with Gasteiger partial charge >= 0.3 is 6.09 Å². The van der Waals surface area contributed by atoms with Crippen molar-refractivity contribution in [3.63, 3.8) is 0 Å². The number of aromatic amines is 1. The summed E-state index contributed by atoms with van der Waals surface area (Å²) in [5.41, 5.74) is 8.08. The van der Waals surface area contributed by atoms with E-state index in [9.17, 15) is 13.6 Å². The number of H-pyrrole nitrogens is 1. The quantitative estimate of drug-likeness (QED) is 0.248. The van der Waals surface area contributed by atoms with Crippen LogP contribution in [0.15, 0.2) is 42.9 Å². The molecule has 3 aromatic rings. The van der Waals surface area contributed by atoms with Crippen molar-refractivity contribution >= 4 is 29.5 Å². The molecule has 13 heteroatoms. The number of nitrogens with zero attached hydrogens (tertiary/aromatic N) is 3. The summed E-state index contributed by atoms with van der Waals surface area (Å²) in [7, 11) is 3.07. The van der Waals surface area contributed by atoms with Crippen LogP contribution in [0.4, 0.5) is 25.2 Å². The second-order valence-electron chi connectivity index (χ2n) is 11.3. The number of allylic oxidation sites excluding steroid dienone is 1. The maximum atomic E-state index is 14.8. The molecule has 2 fully saturated rings. The minimum absolute atomic E-state index is 0.0631. The second-order valence-corrected chi connectivity index (χ2v) is 11.3. The topological polar surface area (TPSA) is 151 Å². The van der Waals surface area contributed by atoms with Gasteiger partial charge in [0, 0.05) is 37.8 Å². The number of hydrogen-bond acceptors (Lipinski definition) is 9. The van der Waals surface area contributed by atoms with Gasteiger partial charge in [0.1, 0.15) is 23.5 Å². The molecule has 2 aliphatic rings. The highest BCUT2D eigenvalue weighted by molar-refractivity contribution is 6.09. The number of anilines is 2. The highest BCUT2D eigenvalue weighted by Crippen LogP contribution is 2.40. The van der Waals surface area contributed by atoms with E-state index in [1.165, 1.54) is 19.3 Å². The van der Waals surface area contributed by atoms with Gasteiger partial charge in [-0.15, -0.1) is 0 Å². The first-order valence-electron chi connectivity index (χ1n) is 14.5. The molecule has 1 aliphatic heterocycles. The Morgan fingerprint density at radius 1 is 1.27 bits per heavy atom. The normalized spacial score (nSPS) is 23.5. The molecular weight excluding hydrogens is 572 g/mol. The summed E-state index contributed by atoms with van der Waals surface area (Å²) >= 11 is 0. The Labute approximate surface area is 254 Å². The fourth-order valence-electron chi connectivity index (χ4n) is 6.17. The lowest BCUT2D eigenvalue weighted by Gasteiger charge is -2.43. The number of nitrogens with one attached hydrogen (secondary N) is 3. The zero-order chi connectivity index (χ0) is 31.4. The molecule has 234 valence electrons. The SMILES string of the molecule is COC(=O)N(C)C1C(C)CC(c2ccncc2Nc2ncc(/C=C\C(=N)c3c(F)cc(OC4CCOC4)cc3F)[nH]2)CC1N. The number of benzene rings is 1. The monoisotopic (exact) mass is 609 g/mol. The summed E-state index contributed by atoms with van der Waals surface area (Å²) in [4.78, 5) is 25.4. The Kier molecular flexibility index (Phi) is 9.55. The maximum absolute atomic E-state index is 14.8. The molecule has 0 spiro atoms. The van der Waals surface area contributed by atoms with E-state index in [4.69, 9.17) is 25.4 Å². The van der Waals surface area contributed by atoms with E-state index in [1.807, 2.05) is 6.07 Å². The molecule has 0 radical (unpaired) electrons. The van der Waals surface area contributed by atoms with Crippen molar-refractivity contribution in [3.05, 3.63) is 71.3 Å². The van der Waals surface area contributed by atoms with Crippen LogP contribution in [0.3, 0.4) is 0 Å². The Bertz CT molecular complexity index is 1490. The molecule has 5 rings (SSSR count). The van der Waals surface area contributed by atoms with Crippen LogP contribution in [-0.2, 0) is 9.47 Å². The van der Waals surface area contributed by atoms with E-state index in [-0.39, 0.29) is 41.5 Å². The summed E-state index contributed by atoms with van der Waals surface area (Å²) in [6.07, 6.45) is 9.26. The largest absolute Gasteiger partial charge is 0.488 e. The smallest absolute Gasteiger partial charge is 0.409 e. The van der Waals surface area contributed by atoms with Crippen molar-refractivity contribution in [1.29, 1.82) is 5.41 Å². The average Bonchev–Trinajstić information content (AvgIpc) is 3.67. The van der Waals surface area contributed by atoms with Gasteiger partial charge in [0.2, 0.25) is 5.95 Å². The number of ether oxygens (including phenoxy) is 3. The lowest BCUT2D eigenvalue weighted by molar-refractivity contribution is 0.0778. The molecule has 1 aliphatic carbocycles. The molecule has 0 bridgehead atoms. The van der Waals surface area contributed by atoms with Crippen molar-refractivity contribution in [2.75, 3.05) is 32.7 Å². The van der Waals surface area contributed by atoms with Crippen LogP contribution in [-0.4, -0.2) is 77.2 Å². The minimum atomic E-state index is -0.885. The number of carbonyl (C=O) groups is 1. The fourth-order valence-corrected chi connectivity index (χ4v) is 6.17. The summed E-state index contributed by atoms with van der Waals surface area (Å²) in [5.74, 6) is -1.03. The molecule has 11 nitrogen and oxygen atoms in total. The number of nitrogens with two attached hydrogens (primary N) is 1. The minimum Gasteiger partial charge on any atom is -0.488 e. The van der Waals surface area contributed by atoms with Gasteiger partial charge in [0.25, 0.3) is 0 Å². The maximum Gasteiger partial charge on any atom is 0.409 e. The first kappa shape index (κ1) is 31.1. The second kappa shape index (κ2) is 13.5. The van der Waals surface area contributed by atoms with Crippen LogP contribution in [0.5, 0.6) is 5.75 Å². The zero-order valence-corrected chi connectivity index (χ0v) is 24.8. The number of imidazole rings is 1. The zero-order valence-electron chi connectivity index (χ0n) is 24.8. The molecule has 5 unspecified atom stereocenters. The summed E-state index contributed by atoms with van der Waals surface area (Å²) in [6.45, 7) is 3.00. The number of halogens is 2. The molecule has 3 heterocycles. The molecule has 1 saturated heterocycles. The third kappa shape index (κ3) is 6.89. The molecule has 5 atom stereocenters. The van der Waals surface area contributed by atoms with Crippen LogP contribution in [0.25, 0.3) is 6.08 Å². The summed E-state index contributed by atoms with van der Waals surface area (Å²) < 4.78 is 45.3. The van der Waals surface area contributed by atoms with Crippen LogP contribution in [0, 0.1) is 23.0 Å². The number of carbonyl (C=O) groups excluding carboxylic acids is 1. The third-order valence-electron chi connectivity index (χ3n) is 8.19. The predicted molar refractivity (Wildman–Crippen MR) is 161 cm³/mol. The van der Waals surface area contributed by atoms with Gasteiger partial charge in [0.15, 0.2) is 0 Å². The number of hydrogen-bond donors (Lipinski definition) is 4. The van der Waals surface area contributed by atoms with Crippen LogP contribution < -0.4 is 15.8 Å². The number of likely N-dealkylation sites (N-methyl/N-ethyl adjacent to an activating group) is 1. The molecule has 44 heavy (non-hydrogen) atoms. The van der Waals surface area contributed by atoms with E-state index >= 15 is 0 Å². The molecule has 1 amide bonds. The molecule has 1 saturated carbocycles. The van der Waals surface area contributed by atoms with E-state index in [0.717, 1.165) is 29.8 Å².